The second-order valence-corrected chi connectivity index (χ2v) is 4.71. The highest BCUT2D eigenvalue weighted by Crippen LogP contribution is 2.19. The number of hydrogen-bond acceptors (Lipinski definition) is 0. The van der Waals surface area contributed by atoms with Crippen LogP contribution in [-0.2, 0) is 7.05 Å². The molecule has 0 spiro atoms. The lowest BCUT2D eigenvalue weighted by atomic mass is 10.1. The predicted octanol–water partition coefficient (Wildman–Crippen LogP) is 3.09. The third-order valence-electron chi connectivity index (χ3n) is 2.59. The number of benzene rings is 1. The van der Waals surface area contributed by atoms with Gasteiger partial charge in [-0.25, -0.2) is 0 Å². The number of rotatable bonds is 1. The maximum absolute atomic E-state index is 2.35. The Morgan fingerprint density at radius 1 is 1.00 bits per heavy atom. The highest BCUT2D eigenvalue weighted by molar-refractivity contribution is 14.1. The fraction of sp³-hybridized carbons (Fsp3) is 0.154. The van der Waals surface area contributed by atoms with E-state index in [1.807, 2.05) is 0 Å². The molecule has 76 valence electrons. The first-order valence-corrected chi connectivity index (χ1v) is 5.98. The van der Waals surface area contributed by atoms with Crippen molar-refractivity contribution in [2.45, 2.75) is 6.92 Å². The van der Waals surface area contributed by atoms with Crippen LogP contribution in [0.1, 0.15) is 5.56 Å². The summed E-state index contributed by atoms with van der Waals surface area (Å²) in [7, 11) is 2.10. The summed E-state index contributed by atoms with van der Waals surface area (Å²) in [5, 5.41) is 0. The van der Waals surface area contributed by atoms with Crippen LogP contribution in [0.3, 0.4) is 0 Å². The molecule has 0 fully saturated rings. The van der Waals surface area contributed by atoms with Gasteiger partial charge >= 0.3 is 0 Å². The molecule has 1 nitrogen and oxygen atoms in total. The SMILES string of the molecule is Cc1ccccc1-c1cccc(I)[n+]1C. The topological polar surface area (TPSA) is 3.88 Å². The molecule has 0 saturated heterocycles. The van der Waals surface area contributed by atoms with E-state index in [1.165, 1.54) is 20.5 Å². The third-order valence-corrected chi connectivity index (χ3v) is 3.67. The van der Waals surface area contributed by atoms with Crippen LogP contribution in [0.5, 0.6) is 0 Å². The number of aryl methyl sites for hydroxylation is 1. The Bertz CT molecular complexity index is 492. The molecule has 0 bridgehead atoms. The van der Waals surface area contributed by atoms with Crippen LogP contribution < -0.4 is 4.57 Å². The van der Waals surface area contributed by atoms with Gasteiger partial charge < -0.3 is 0 Å². The van der Waals surface area contributed by atoms with E-state index < -0.39 is 0 Å². The fourth-order valence-corrected chi connectivity index (χ4v) is 2.16. The molecule has 1 aromatic heterocycles. The summed E-state index contributed by atoms with van der Waals surface area (Å²) < 4.78 is 3.46. The summed E-state index contributed by atoms with van der Waals surface area (Å²) in [4.78, 5) is 0. The molecule has 0 aliphatic carbocycles. The molecule has 2 rings (SSSR count). The van der Waals surface area contributed by atoms with Crippen molar-refractivity contribution >= 4 is 22.6 Å². The van der Waals surface area contributed by atoms with E-state index in [0.717, 1.165) is 0 Å². The van der Waals surface area contributed by atoms with Crippen molar-refractivity contribution in [1.82, 2.24) is 0 Å². The van der Waals surface area contributed by atoms with Gasteiger partial charge in [-0.1, -0.05) is 18.2 Å². The quantitative estimate of drug-likeness (QED) is 0.433. The molecule has 0 atom stereocenters. The van der Waals surface area contributed by atoms with Crippen molar-refractivity contribution in [3.63, 3.8) is 0 Å². The van der Waals surface area contributed by atoms with E-state index >= 15 is 0 Å². The van der Waals surface area contributed by atoms with Crippen molar-refractivity contribution in [3.05, 3.63) is 51.7 Å². The number of halogens is 1. The van der Waals surface area contributed by atoms with E-state index in [0.29, 0.717) is 0 Å². The first kappa shape index (κ1) is 10.6. The number of nitrogens with zero attached hydrogens (tertiary/aromatic N) is 1. The molecule has 1 aromatic carbocycles. The van der Waals surface area contributed by atoms with Gasteiger partial charge in [0.2, 0.25) is 9.39 Å². The Morgan fingerprint density at radius 2 is 1.73 bits per heavy atom. The highest BCUT2D eigenvalue weighted by Gasteiger charge is 2.13. The first-order chi connectivity index (χ1) is 7.20. The maximum Gasteiger partial charge on any atom is 0.241 e. The molecule has 0 N–H and O–H groups in total. The average Bonchev–Trinajstić information content (AvgIpc) is 2.23. The summed E-state index contributed by atoms with van der Waals surface area (Å²) in [6.07, 6.45) is 0. The van der Waals surface area contributed by atoms with Gasteiger partial charge in [0.1, 0.15) is 7.05 Å². The predicted molar refractivity (Wildman–Crippen MR) is 70.5 cm³/mol. The second kappa shape index (κ2) is 4.31. The van der Waals surface area contributed by atoms with Gasteiger partial charge in [0.15, 0.2) is 0 Å². The van der Waals surface area contributed by atoms with E-state index in [9.17, 15) is 0 Å². The van der Waals surface area contributed by atoms with E-state index in [1.54, 1.807) is 0 Å². The Kier molecular flexibility index (Phi) is 3.05. The van der Waals surface area contributed by atoms with Gasteiger partial charge in [0.25, 0.3) is 0 Å². The molecule has 0 saturated carbocycles. The number of hydrogen-bond donors (Lipinski definition) is 0. The summed E-state index contributed by atoms with van der Waals surface area (Å²) in [5.41, 5.74) is 3.88. The lowest BCUT2D eigenvalue weighted by Crippen LogP contribution is -2.34. The van der Waals surface area contributed by atoms with Crippen molar-refractivity contribution in [2.24, 2.45) is 7.05 Å². The van der Waals surface area contributed by atoms with Crippen molar-refractivity contribution in [3.8, 4) is 11.3 Å². The zero-order valence-electron chi connectivity index (χ0n) is 8.87. The van der Waals surface area contributed by atoms with Crippen LogP contribution in [0.15, 0.2) is 42.5 Å². The van der Waals surface area contributed by atoms with Crippen LogP contribution in [0.25, 0.3) is 11.3 Å². The van der Waals surface area contributed by atoms with Gasteiger partial charge in [-0.3, -0.25) is 0 Å². The lowest BCUT2D eigenvalue weighted by Gasteiger charge is -2.04. The minimum Gasteiger partial charge on any atom is -0.190 e. The van der Waals surface area contributed by atoms with E-state index in [2.05, 4.69) is 83.6 Å². The summed E-state index contributed by atoms with van der Waals surface area (Å²) in [6.45, 7) is 2.15. The molecular formula is C13H13IN+. The molecule has 0 aliphatic heterocycles. The molecule has 2 aromatic rings. The van der Waals surface area contributed by atoms with Crippen molar-refractivity contribution < 1.29 is 4.57 Å². The summed E-state index contributed by atoms with van der Waals surface area (Å²) in [5.74, 6) is 0. The van der Waals surface area contributed by atoms with Crippen LogP contribution in [0.4, 0.5) is 0 Å². The first-order valence-electron chi connectivity index (χ1n) is 4.90. The van der Waals surface area contributed by atoms with Crippen LogP contribution in [0.2, 0.25) is 0 Å². The smallest absolute Gasteiger partial charge is 0.190 e. The molecule has 0 amide bonds. The molecular weight excluding hydrogens is 297 g/mol. The Balaban J connectivity index is 2.65. The van der Waals surface area contributed by atoms with Gasteiger partial charge in [0, 0.05) is 40.3 Å². The minimum atomic E-state index is 1.24. The largest absolute Gasteiger partial charge is 0.241 e. The number of pyridine rings is 1. The number of aromatic nitrogens is 1. The Hall–Kier alpha value is -0.900. The molecule has 0 radical (unpaired) electrons. The highest BCUT2D eigenvalue weighted by atomic mass is 127. The van der Waals surface area contributed by atoms with Gasteiger partial charge in [-0.2, -0.15) is 4.57 Å². The molecule has 2 heteroatoms. The minimum absolute atomic E-state index is 1.24. The Morgan fingerprint density at radius 3 is 2.47 bits per heavy atom. The van der Waals surface area contributed by atoms with Crippen LogP contribution in [-0.4, -0.2) is 0 Å². The van der Waals surface area contributed by atoms with Gasteiger partial charge in [-0.15, -0.1) is 0 Å². The van der Waals surface area contributed by atoms with E-state index in [4.69, 9.17) is 0 Å². The average molecular weight is 310 g/mol. The zero-order valence-corrected chi connectivity index (χ0v) is 11.0. The molecule has 0 unspecified atom stereocenters. The molecule has 0 aliphatic rings. The third kappa shape index (κ3) is 2.04. The molecule has 1 heterocycles. The van der Waals surface area contributed by atoms with Gasteiger partial charge in [-0.05, 0) is 24.6 Å². The standard InChI is InChI=1S/C13H13IN/c1-10-6-3-4-7-11(10)12-8-5-9-13(14)15(12)2/h3-9H,1-2H3/q+1. The van der Waals surface area contributed by atoms with Crippen molar-refractivity contribution in [2.75, 3.05) is 0 Å². The van der Waals surface area contributed by atoms with Crippen molar-refractivity contribution in [1.29, 1.82) is 0 Å². The van der Waals surface area contributed by atoms with Gasteiger partial charge in [0.05, 0.1) is 0 Å². The lowest BCUT2D eigenvalue weighted by molar-refractivity contribution is -0.673. The normalized spacial score (nSPS) is 10.3. The molecule has 15 heavy (non-hydrogen) atoms. The second-order valence-electron chi connectivity index (χ2n) is 3.61. The summed E-state index contributed by atoms with van der Waals surface area (Å²) >= 11 is 2.35. The summed E-state index contributed by atoms with van der Waals surface area (Å²) in [6, 6.07) is 14.8. The Labute approximate surface area is 104 Å². The fourth-order valence-electron chi connectivity index (χ4n) is 1.69. The zero-order chi connectivity index (χ0) is 10.8. The monoisotopic (exact) mass is 310 g/mol. The van der Waals surface area contributed by atoms with Crippen LogP contribution >= 0.6 is 22.6 Å². The maximum atomic E-state index is 2.35. The van der Waals surface area contributed by atoms with Crippen LogP contribution in [0, 0.1) is 10.6 Å². The van der Waals surface area contributed by atoms with E-state index in [-0.39, 0.29) is 0 Å².